The Morgan fingerprint density at radius 1 is 1.18 bits per heavy atom. The van der Waals surface area contributed by atoms with Crippen LogP contribution in [-0.4, -0.2) is 36.0 Å². The van der Waals surface area contributed by atoms with E-state index >= 15 is 0 Å². The van der Waals surface area contributed by atoms with Gasteiger partial charge in [0.1, 0.15) is 11.0 Å². The second kappa shape index (κ2) is 8.34. The highest BCUT2D eigenvalue weighted by molar-refractivity contribution is 5.77. The minimum Gasteiger partial charge on any atom is -0.384 e. The maximum absolute atomic E-state index is 13.3. The van der Waals surface area contributed by atoms with Crippen molar-refractivity contribution in [3.05, 3.63) is 81.9 Å². The highest BCUT2D eigenvalue weighted by Gasteiger charge is 2.46. The summed E-state index contributed by atoms with van der Waals surface area (Å²) in [6, 6.07) is 10.4. The van der Waals surface area contributed by atoms with E-state index in [-0.39, 0.29) is 12.1 Å². The highest BCUT2D eigenvalue weighted by Crippen LogP contribution is 2.50. The maximum atomic E-state index is 13.3. The van der Waals surface area contributed by atoms with Crippen molar-refractivity contribution in [1.82, 2.24) is 29.6 Å². The van der Waals surface area contributed by atoms with Gasteiger partial charge in [0.15, 0.2) is 11.5 Å². The van der Waals surface area contributed by atoms with E-state index in [0.29, 0.717) is 40.3 Å². The molecule has 4 heterocycles. The fraction of sp³-hybridized carbons (Fsp3) is 0.379. The van der Waals surface area contributed by atoms with Gasteiger partial charge in [0.2, 0.25) is 5.95 Å². The van der Waals surface area contributed by atoms with E-state index in [9.17, 15) is 9.90 Å². The zero-order chi connectivity index (χ0) is 26.1. The molecule has 7 rings (SSSR count). The van der Waals surface area contributed by atoms with E-state index < -0.39 is 5.60 Å². The van der Waals surface area contributed by atoms with E-state index in [1.165, 1.54) is 24.0 Å². The molecule has 0 amide bonds. The summed E-state index contributed by atoms with van der Waals surface area (Å²) in [5.41, 5.74) is 4.89. The minimum atomic E-state index is -1.02. The molecule has 9 nitrogen and oxygen atoms in total. The number of hydrogen-bond donors (Lipinski definition) is 3. The Kier molecular flexibility index (Phi) is 5.12. The molecule has 1 aliphatic heterocycles. The van der Waals surface area contributed by atoms with Crippen molar-refractivity contribution in [3.63, 3.8) is 0 Å². The molecule has 194 valence electrons. The van der Waals surface area contributed by atoms with E-state index in [1.807, 2.05) is 12.1 Å². The molecule has 1 saturated carbocycles. The van der Waals surface area contributed by atoms with Crippen LogP contribution in [0.3, 0.4) is 0 Å². The Balaban J connectivity index is 1.32. The Bertz CT molecular complexity index is 1660. The number of allylic oxidation sites excluding steroid dienone is 1. The Hall–Kier alpha value is -3.82. The summed E-state index contributed by atoms with van der Waals surface area (Å²) in [6.07, 6.45) is 8.16. The van der Waals surface area contributed by atoms with Crippen molar-refractivity contribution in [1.29, 1.82) is 0 Å². The van der Waals surface area contributed by atoms with Crippen LogP contribution in [0.5, 0.6) is 0 Å². The molecule has 1 atom stereocenters. The van der Waals surface area contributed by atoms with E-state index in [2.05, 4.69) is 40.4 Å². The predicted molar refractivity (Wildman–Crippen MR) is 146 cm³/mol. The number of nitrogens with one attached hydrogen (secondary N) is 2. The number of pyridine rings is 1. The molecule has 1 aromatic carbocycles. The van der Waals surface area contributed by atoms with Gasteiger partial charge in [-0.05, 0) is 73.9 Å². The topological polar surface area (TPSA) is 110 Å². The average molecular weight is 510 g/mol. The third kappa shape index (κ3) is 3.60. The minimum absolute atomic E-state index is 0.215. The Labute approximate surface area is 220 Å². The summed E-state index contributed by atoms with van der Waals surface area (Å²) in [5.74, 6) is 0.927. The lowest BCUT2D eigenvalue weighted by Gasteiger charge is -2.30. The Morgan fingerprint density at radius 3 is 2.87 bits per heavy atom. The molecule has 3 aromatic heterocycles. The highest BCUT2D eigenvalue weighted by atomic mass is 16.3. The van der Waals surface area contributed by atoms with Crippen molar-refractivity contribution in [2.45, 2.75) is 63.1 Å². The molecular weight excluding hydrogens is 478 g/mol. The van der Waals surface area contributed by atoms with Crippen LogP contribution in [0.15, 0.2) is 54.0 Å². The SMILES string of the molecule is C=CCn1c(=O)c2cnc(Nc3ccc4c(c3)CNCC43CC3)nc2n1-c1ccc2c(n1)C(C)(O)CCC2. The van der Waals surface area contributed by atoms with Crippen LogP contribution in [0.1, 0.15) is 55.0 Å². The summed E-state index contributed by atoms with van der Waals surface area (Å²) in [6.45, 7) is 7.82. The molecule has 1 fully saturated rings. The fourth-order valence-corrected chi connectivity index (χ4v) is 6.21. The molecule has 3 N–H and O–H groups in total. The van der Waals surface area contributed by atoms with Crippen LogP contribution in [0.25, 0.3) is 16.9 Å². The molecule has 1 spiro atoms. The number of fused-ring (bicyclic) bond motifs is 4. The molecule has 3 aliphatic rings. The number of rotatable bonds is 5. The quantitative estimate of drug-likeness (QED) is 0.353. The van der Waals surface area contributed by atoms with Crippen LogP contribution in [0.2, 0.25) is 0 Å². The molecule has 9 heteroatoms. The van der Waals surface area contributed by atoms with Gasteiger partial charge in [-0.2, -0.15) is 4.98 Å². The van der Waals surface area contributed by atoms with Crippen LogP contribution < -0.4 is 16.2 Å². The molecule has 4 aromatic rings. The van der Waals surface area contributed by atoms with Gasteiger partial charge in [0.25, 0.3) is 5.56 Å². The normalized spacial score (nSPS) is 21.2. The van der Waals surface area contributed by atoms with Gasteiger partial charge < -0.3 is 15.7 Å². The number of anilines is 2. The molecule has 0 bridgehead atoms. The summed E-state index contributed by atoms with van der Waals surface area (Å²) in [7, 11) is 0. The molecule has 0 radical (unpaired) electrons. The first-order chi connectivity index (χ1) is 18.4. The van der Waals surface area contributed by atoms with Crippen LogP contribution in [-0.2, 0) is 30.5 Å². The van der Waals surface area contributed by atoms with Crippen LogP contribution in [0, 0.1) is 0 Å². The van der Waals surface area contributed by atoms with Crippen molar-refractivity contribution in [3.8, 4) is 5.82 Å². The smallest absolute Gasteiger partial charge is 0.278 e. The van der Waals surface area contributed by atoms with Gasteiger partial charge in [-0.3, -0.25) is 4.79 Å². The maximum Gasteiger partial charge on any atom is 0.278 e. The zero-order valence-corrected chi connectivity index (χ0v) is 21.5. The molecule has 1 unspecified atom stereocenters. The Morgan fingerprint density at radius 2 is 2.05 bits per heavy atom. The monoisotopic (exact) mass is 509 g/mol. The van der Waals surface area contributed by atoms with E-state index in [1.54, 1.807) is 28.6 Å². The number of aryl methyl sites for hydroxylation is 1. The largest absolute Gasteiger partial charge is 0.384 e. The number of benzene rings is 1. The molecule has 38 heavy (non-hydrogen) atoms. The summed E-state index contributed by atoms with van der Waals surface area (Å²) in [4.78, 5) is 27.4. The number of hydrogen-bond acceptors (Lipinski definition) is 7. The van der Waals surface area contributed by atoms with Gasteiger partial charge in [-0.25, -0.2) is 19.3 Å². The van der Waals surface area contributed by atoms with Gasteiger partial charge in [-0.1, -0.05) is 18.2 Å². The second-order valence-corrected chi connectivity index (χ2v) is 11.1. The van der Waals surface area contributed by atoms with Crippen molar-refractivity contribution in [2.75, 3.05) is 11.9 Å². The standard InChI is InChI=1S/C29H31N7O2/c1-3-13-35-26(37)21-16-31-27(32-20-7-8-22-19(14-20)15-30-17-29(22)11-12-29)34-25(21)36(35)23-9-6-18-5-4-10-28(2,38)24(18)33-23/h3,6-9,14,16,30,38H,1,4-5,10-13,15,17H2,2H3,(H,31,32,34). The lowest BCUT2D eigenvalue weighted by molar-refractivity contribution is 0.0339. The number of nitrogens with zero attached hydrogens (tertiary/aromatic N) is 5. The van der Waals surface area contributed by atoms with Gasteiger partial charge in [-0.15, -0.1) is 6.58 Å². The fourth-order valence-electron chi connectivity index (χ4n) is 6.21. The summed E-state index contributed by atoms with van der Waals surface area (Å²) in [5, 5.41) is 18.3. The van der Waals surface area contributed by atoms with E-state index in [4.69, 9.17) is 9.97 Å². The van der Waals surface area contributed by atoms with Crippen LogP contribution >= 0.6 is 0 Å². The van der Waals surface area contributed by atoms with Crippen molar-refractivity contribution >= 4 is 22.7 Å². The number of aromatic nitrogens is 5. The van der Waals surface area contributed by atoms with Crippen molar-refractivity contribution < 1.29 is 5.11 Å². The van der Waals surface area contributed by atoms with Gasteiger partial charge in [0.05, 0.1) is 12.2 Å². The average Bonchev–Trinajstić information content (AvgIpc) is 3.62. The van der Waals surface area contributed by atoms with Gasteiger partial charge >= 0.3 is 0 Å². The summed E-state index contributed by atoms with van der Waals surface area (Å²) < 4.78 is 3.27. The predicted octanol–water partition coefficient (Wildman–Crippen LogP) is 3.59. The molecule has 2 aliphatic carbocycles. The summed E-state index contributed by atoms with van der Waals surface area (Å²) >= 11 is 0. The third-order valence-electron chi connectivity index (χ3n) is 8.34. The van der Waals surface area contributed by atoms with Crippen LogP contribution in [0.4, 0.5) is 11.6 Å². The molecular formula is C29H31N7O2. The van der Waals surface area contributed by atoms with Gasteiger partial charge in [0, 0.05) is 30.4 Å². The second-order valence-electron chi connectivity index (χ2n) is 11.1. The number of aliphatic hydroxyl groups is 1. The first kappa shape index (κ1) is 23.3. The van der Waals surface area contributed by atoms with E-state index in [0.717, 1.165) is 37.2 Å². The van der Waals surface area contributed by atoms with Crippen molar-refractivity contribution in [2.24, 2.45) is 0 Å². The lowest BCUT2D eigenvalue weighted by Crippen LogP contribution is -2.33. The molecule has 0 saturated heterocycles. The third-order valence-corrected chi connectivity index (χ3v) is 8.34. The lowest BCUT2D eigenvalue weighted by atomic mass is 9.84. The first-order valence-electron chi connectivity index (χ1n) is 13.3. The zero-order valence-electron chi connectivity index (χ0n) is 21.5. The first-order valence-corrected chi connectivity index (χ1v) is 13.3.